The molecular weight excluding hydrogens is 253 g/mol. The zero-order valence-electron chi connectivity index (χ0n) is 10.2. The van der Waals surface area contributed by atoms with Crippen molar-refractivity contribution in [2.75, 3.05) is 5.32 Å². The summed E-state index contributed by atoms with van der Waals surface area (Å²) >= 11 is 5.70. The van der Waals surface area contributed by atoms with Gasteiger partial charge in [-0.15, -0.1) is 0 Å². The Bertz CT molecular complexity index is 525. The van der Waals surface area contributed by atoms with Crippen molar-refractivity contribution in [3.05, 3.63) is 47.3 Å². The van der Waals surface area contributed by atoms with Gasteiger partial charge in [0.25, 0.3) is 0 Å². The molecule has 0 amide bonds. The highest BCUT2D eigenvalue weighted by molar-refractivity contribution is 6.30. The van der Waals surface area contributed by atoms with Gasteiger partial charge in [-0.05, 0) is 24.6 Å². The third-order valence-corrected chi connectivity index (χ3v) is 2.87. The van der Waals surface area contributed by atoms with Crippen LogP contribution in [-0.4, -0.2) is 9.55 Å². The molecule has 2 aromatic rings. The maximum absolute atomic E-state index is 13.6. The Morgan fingerprint density at radius 1 is 1.44 bits per heavy atom. The van der Waals surface area contributed by atoms with E-state index in [0.717, 1.165) is 18.8 Å². The molecule has 3 nitrogen and oxygen atoms in total. The van der Waals surface area contributed by atoms with Crippen molar-refractivity contribution in [2.24, 2.45) is 0 Å². The molecule has 0 bridgehead atoms. The van der Waals surface area contributed by atoms with E-state index in [-0.39, 0.29) is 5.82 Å². The molecule has 0 spiro atoms. The maximum atomic E-state index is 13.6. The number of anilines is 1. The fourth-order valence-electron chi connectivity index (χ4n) is 1.76. The van der Waals surface area contributed by atoms with Gasteiger partial charge in [-0.3, -0.25) is 0 Å². The van der Waals surface area contributed by atoms with E-state index >= 15 is 0 Å². The van der Waals surface area contributed by atoms with Crippen molar-refractivity contribution in [3.63, 3.8) is 0 Å². The van der Waals surface area contributed by atoms with Gasteiger partial charge in [0.05, 0.1) is 12.2 Å². The quantitative estimate of drug-likeness (QED) is 0.895. The number of rotatable bonds is 5. The molecule has 0 fully saturated rings. The van der Waals surface area contributed by atoms with Crippen LogP contribution in [0.5, 0.6) is 0 Å². The van der Waals surface area contributed by atoms with Crippen LogP contribution < -0.4 is 5.32 Å². The summed E-state index contributed by atoms with van der Waals surface area (Å²) in [5.41, 5.74) is 0.436. The predicted octanol–water partition coefficient (Wildman–Crippen LogP) is 3.70. The first-order chi connectivity index (χ1) is 8.70. The van der Waals surface area contributed by atoms with E-state index in [1.54, 1.807) is 18.3 Å². The first-order valence-corrected chi connectivity index (χ1v) is 6.27. The first kappa shape index (κ1) is 12.9. The smallest absolute Gasteiger partial charge is 0.147 e. The number of nitrogens with zero attached hydrogens (tertiary/aromatic N) is 2. The number of halogens is 2. The summed E-state index contributed by atoms with van der Waals surface area (Å²) in [4.78, 5) is 4.25. The largest absolute Gasteiger partial charge is 0.375 e. The van der Waals surface area contributed by atoms with Gasteiger partial charge >= 0.3 is 0 Å². The minimum Gasteiger partial charge on any atom is -0.375 e. The second-order valence-electron chi connectivity index (χ2n) is 4.01. The third kappa shape index (κ3) is 3.01. The van der Waals surface area contributed by atoms with E-state index in [1.165, 1.54) is 6.07 Å². The standard InChI is InChI=1S/C13H15ClFN3/c1-2-6-18-7-5-16-13(18)9-17-12-4-3-10(14)8-11(12)15/h3-5,7-8,17H,2,6,9H2,1H3. The maximum Gasteiger partial charge on any atom is 0.147 e. The SMILES string of the molecule is CCCn1ccnc1CNc1ccc(Cl)cc1F. The summed E-state index contributed by atoms with van der Waals surface area (Å²) in [6.45, 7) is 3.52. The minimum absolute atomic E-state index is 0.351. The third-order valence-electron chi connectivity index (χ3n) is 2.63. The summed E-state index contributed by atoms with van der Waals surface area (Å²) in [7, 11) is 0. The molecule has 0 saturated heterocycles. The van der Waals surface area contributed by atoms with Crippen LogP contribution in [0.25, 0.3) is 0 Å². The molecule has 96 valence electrons. The molecule has 0 aliphatic carbocycles. The molecule has 1 N–H and O–H groups in total. The lowest BCUT2D eigenvalue weighted by molar-refractivity contribution is 0.625. The molecule has 2 rings (SSSR count). The fourth-order valence-corrected chi connectivity index (χ4v) is 1.92. The molecule has 0 radical (unpaired) electrons. The molecular formula is C13H15ClFN3. The van der Waals surface area contributed by atoms with E-state index in [1.807, 2.05) is 6.20 Å². The molecule has 0 aliphatic rings. The van der Waals surface area contributed by atoms with Crippen molar-refractivity contribution in [1.82, 2.24) is 9.55 Å². The Morgan fingerprint density at radius 2 is 2.28 bits per heavy atom. The number of aryl methyl sites for hydroxylation is 1. The summed E-state index contributed by atoms with van der Waals surface area (Å²) in [5, 5.41) is 3.42. The van der Waals surface area contributed by atoms with Gasteiger partial charge in [0, 0.05) is 24.0 Å². The lowest BCUT2D eigenvalue weighted by atomic mass is 10.3. The highest BCUT2D eigenvalue weighted by atomic mass is 35.5. The molecule has 0 unspecified atom stereocenters. The van der Waals surface area contributed by atoms with Crippen molar-refractivity contribution >= 4 is 17.3 Å². The van der Waals surface area contributed by atoms with Crippen LogP contribution in [0.3, 0.4) is 0 Å². The van der Waals surface area contributed by atoms with Crippen LogP contribution in [0.2, 0.25) is 5.02 Å². The van der Waals surface area contributed by atoms with Gasteiger partial charge in [-0.25, -0.2) is 9.37 Å². The van der Waals surface area contributed by atoms with Crippen molar-refractivity contribution in [1.29, 1.82) is 0 Å². The average molecular weight is 268 g/mol. The Labute approximate surface area is 111 Å². The molecule has 5 heteroatoms. The monoisotopic (exact) mass is 267 g/mol. The van der Waals surface area contributed by atoms with Crippen LogP contribution in [0.15, 0.2) is 30.6 Å². The van der Waals surface area contributed by atoms with Gasteiger partial charge in [-0.2, -0.15) is 0 Å². The summed E-state index contributed by atoms with van der Waals surface area (Å²) < 4.78 is 15.6. The van der Waals surface area contributed by atoms with Crippen LogP contribution in [-0.2, 0) is 13.1 Å². The molecule has 1 heterocycles. The van der Waals surface area contributed by atoms with Crippen molar-refractivity contribution in [3.8, 4) is 0 Å². The average Bonchev–Trinajstić information content (AvgIpc) is 2.76. The Morgan fingerprint density at radius 3 is 3.00 bits per heavy atom. The molecule has 18 heavy (non-hydrogen) atoms. The molecule has 0 atom stereocenters. The van der Waals surface area contributed by atoms with Crippen LogP contribution in [0.1, 0.15) is 19.2 Å². The second-order valence-corrected chi connectivity index (χ2v) is 4.45. The molecule has 1 aromatic carbocycles. The lowest BCUT2D eigenvalue weighted by Gasteiger charge is -2.09. The zero-order chi connectivity index (χ0) is 13.0. The number of aromatic nitrogens is 2. The molecule has 0 aliphatic heterocycles. The number of hydrogen-bond acceptors (Lipinski definition) is 2. The topological polar surface area (TPSA) is 29.9 Å². The number of nitrogens with one attached hydrogen (secondary N) is 1. The van der Waals surface area contributed by atoms with Crippen molar-refractivity contribution < 1.29 is 4.39 Å². The van der Waals surface area contributed by atoms with E-state index in [2.05, 4.69) is 21.8 Å². The molecule has 0 saturated carbocycles. The van der Waals surface area contributed by atoms with Crippen molar-refractivity contribution in [2.45, 2.75) is 26.4 Å². The van der Waals surface area contributed by atoms with Crippen LogP contribution in [0.4, 0.5) is 10.1 Å². The van der Waals surface area contributed by atoms with Crippen LogP contribution in [0, 0.1) is 5.82 Å². The Kier molecular flexibility index (Phi) is 4.20. The summed E-state index contributed by atoms with van der Waals surface area (Å²) in [6, 6.07) is 4.58. The predicted molar refractivity (Wildman–Crippen MR) is 71.3 cm³/mol. The number of imidazole rings is 1. The normalized spacial score (nSPS) is 10.6. The van der Waals surface area contributed by atoms with E-state index < -0.39 is 0 Å². The van der Waals surface area contributed by atoms with E-state index in [4.69, 9.17) is 11.6 Å². The molecule has 1 aromatic heterocycles. The number of benzene rings is 1. The fraction of sp³-hybridized carbons (Fsp3) is 0.308. The number of hydrogen-bond donors (Lipinski definition) is 1. The highest BCUT2D eigenvalue weighted by Gasteiger charge is 2.05. The zero-order valence-corrected chi connectivity index (χ0v) is 10.9. The van der Waals surface area contributed by atoms with Crippen LogP contribution >= 0.6 is 11.6 Å². The van der Waals surface area contributed by atoms with Gasteiger partial charge in [-0.1, -0.05) is 18.5 Å². The lowest BCUT2D eigenvalue weighted by Crippen LogP contribution is -2.09. The second kappa shape index (κ2) is 5.87. The minimum atomic E-state index is -0.351. The highest BCUT2D eigenvalue weighted by Crippen LogP contribution is 2.19. The summed E-state index contributed by atoms with van der Waals surface area (Å²) in [5.74, 6) is 0.544. The van der Waals surface area contributed by atoms with E-state index in [9.17, 15) is 4.39 Å². The van der Waals surface area contributed by atoms with Gasteiger partial charge in [0.1, 0.15) is 11.6 Å². The Hall–Kier alpha value is -1.55. The van der Waals surface area contributed by atoms with E-state index in [0.29, 0.717) is 17.3 Å². The summed E-state index contributed by atoms with van der Waals surface area (Å²) in [6.07, 6.45) is 4.72. The van der Waals surface area contributed by atoms with Gasteiger partial charge in [0.2, 0.25) is 0 Å². The first-order valence-electron chi connectivity index (χ1n) is 5.89. The van der Waals surface area contributed by atoms with Gasteiger partial charge in [0.15, 0.2) is 0 Å². The Balaban J connectivity index is 2.04. The van der Waals surface area contributed by atoms with Gasteiger partial charge < -0.3 is 9.88 Å².